The van der Waals surface area contributed by atoms with Crippen molar-refractivity contribution in [2.45, 2.75) is 37.6 Å². The highest BCUT2D eigenvalue weighted by Gasteiger charge is 2.52. The minimum atomic E-state index is -4.44. The molecule has 1 aliphatic rings. The van der Waals surface area contributed by atoms with Gasteiger partial charge in [0.25, 0.3) is 0 Å². The number of alkyl halides is 3. The molecular formula is C26H23F3O4. The van der Waals surface area contributed by atoms with E-state index in [2.05, 4.69) is 0 Å². The molecule has 1 saturated carbocycles. The van der Waals surface area contributed by atoms with E-state index in [0.29, 0.717) is 17.1 Å². The van der Waals surface area contributed by atoms with Gasteiger partial charge in [0.2, 0.25) is 0 Å². The van der Waals surface area contributed by atoms with E-state index < -0.39 is 17.2 Å². The van der Waals surface area contributed by atoms with Crippen LogP contribution in [0.1, 0.15) is 35.1 Å². The third kappa shape index (κ3) is 4.97. The molecule has 0 amide bonds. The fourth-order valence-electron chi connectivity index (χ4n) is 3.80. The van der Waals surface area contributed by atoms with Crippen molar-refractivity contribution < 1.29 is 32.2 Å². The summed E-state index contributed by atoms with van der Waals surface area (Å²) in [5, 5.41) is 0. The lowest BCUT2D eigenvalue weighted by atomic mass is 9.96. The van der Waals surface area contributed by atoms with Gasteiger partial charge in [0.1, 0.15) is 24.7 Å². The van der Waals surface area contributed by atoms with E-state index in [1.807, 2.05) is 18.2 Å². The quantitative estimate of drug-likeness (QED) is 0.386. The van der Waals surface area contributed by atoms with Crippen LogP contribution in [-0.2, 0) is 34.3 Å². The van der Waals surface area contributed by atoms with Gasteiger partial charge in [-0.25, -0.2) is 0 Å². The number of methoxy groups -OCH3 is 1. The molecule has 0 heterocycles. The maximum absolute atomic E-state index is 13.2. The molecule has 0 bridgehead atoms. The first-order valence-corrected chi connectivity index (χ1v) is 10.5. The van der Waals surface area contributed by atoms with Crippen LogP contribution in [0, 0.1) is 0 Å². The number of para-hydroxylation sites is 1. The van der Waals surface area contributed by atoms with Crippen molar-refractivity contribution in [3.05, 3.63) is 95.1 Å². The Balaban J connectivity index is 1.41. The third-order valence-corrected chi connectivity index (χ3v) is 5.81. The number of hydrogen-bond acceptors (Lipinski definition) is 4. The van der Waals surface area contributed by atoms with E-state index in [0.717, 1.165) is 24.5 Å². The highest BCUT2D eigenvalue weighted by atomic mass is 19.4. The van der Waals surface area contributed by atoms with E-state index in [9.17, 15) is 18.0 Å². The summed E-state index contributed by atoms with van der Waals surface area (Å²) in [5.41, 5.74) is 0.420. The van der Waals surface area contributed by atoms with Gasteiger partial charge in [-0.05, 0) is 42.7 Å². The fraction of sp³-hybridized carbons (Fsp3) is 0.269. The Labute approximate surface area is 189 Å². The number of hydrogen-bond donors (Lipinski definition) is 0. The maximum Gasteiger partial charge on any atom is 0.416 e. The van der Waals surface area contributed by atoms with Gasteiger partial charge in [0.15, 0.2) is 0 Å². The zero-order valence-electron chi connectivity index (χ0n) is 18.0. The number of halogens is 3. The lowest BCUT2D eigenvalue weighted by molar-refractivity contribution is -0.143. The van der Waals surface area contributed by atoms with Gasteiger partial charge in [-0.1, -0.05) is 48.5 Å². The molecule has 0 spiro atoms. The van der Waals surface area contributed by atoms with Crippen LogP contribution in [0.2, 0.25) is 0 Å². The van der Waals surface area contributed by atoms with Crippen LogP contribution >= 0.6 is 0 Å². The second-order valence-electron chi connectivity index (χ2n) is 7.94. The molecule has 172 valence electrons. The van der Waals surface area contributed by atoms with Crippen LogP contribution in [0.25, 0.3) is 0 Å². The van der Waals surface area contributed by atoms with Crippen LogP contribution in [0.3, 0.4) is 0 Å². The Kier molecular flexibility index (Phi) is 6.31. The molecule has 4 rings (SSSR count). The van der Waals surface area contributed by atoms with Crippen molar-refractivity contribution in [2.24, 2.45) is 0 Å². The molecular weight excluding hydrogens is 433 g/mol. The SMILES string of the molecule is COC(=O)C1(c2ccc(OCc3ccccc3OCc3ccccc3C(F)(F)F)cc2)CC1. The topological polar surface area (TPSA) is 44.8 Å². The molecule has 0 aromatic heterocycles. The van der Waals surface area contributed by atoms with E-state index in [-0.39, 0.29) is 24.7 Å². The minimum absolute atomic E-state index is 0.0657. The molecule has 0 radical (unpaired) electrons. The standard InChI is InChI=1S/C26H23F3O4/c1-31-24(30)25(14-15-25)20-10-12-21(13-11-20)32-17-19-7-3-5-9-23(19)33-16-18-6-2-4-8-22(18)26(27,28)29/h2-13H,14-17H2,1H3. The first-order chi connectivity index (χ1) is 15.8. The van der Waals surface area contributed by atoms with Crippen molar-refractivity contribution in [1.29, 1.82) is 0 Å². The molecule has 7 heteroatoms. The number of rotatable bonds is 8. The van der Waals surface area contributed by atoms with Gasteiger partial charge in [-0.3, -0.25) is 4.79 Å². The second-order valence-corrected chi connectivity index (χ2v) is 7.94. The summed E-state index contributed by atoms with van der Waals surface area (Å²) in [5.74, 6) is 0.833. The average molecular weight is 456 g/mol. The highest BCUT2D eigenvalue weighted by molar-refractivity contribution is 5.86. The van der Waals surface area contributed by atoms with Crippen molar-refractivity contribution in [3.8, 4) is 11.5 Å². The normalized spacial score (nSPS) is 14.4. The molecule has 4 nitrogen and oxygen atoms in total. The van der Waals surface area contributed by atoms with Gasteiger partial charge in [-0.15, -0.1) is 0 Å². The fourth-order valence-corrected chi connectivity index (χ4v) is 3.80. The number of benzene rings is 3. The Bertz CT molecular complexity index is 1120. The largest absolute Gasteiger partial charge is 0.489 e. The summed E-state index contributed by atoms with van der Waals surface area (Å²) in [7, 11) is 1.39. The highest BCUT2D eigenvalue weighted by Crippen LogP contribution is 2.49. The lowest BCUT2D eigenvalue weighted by Gasteiger charge is -2.16. The third-order valence-electron chi connectivity index (χ3n) is 5.81. The van der Waals surface area contributed by atoms with Crippen molar-refractivity contribution >= 4 is 5.97 Å². The number of esters is 1. The van der Waals surface area contributed by atoms with Gasteiger partial charge in [0, 0.05) is 11.1 Å². The van der Waals surface area contributed by atoms with Crippen LogP contribution in [0.15, 0.2) is 72.8 Å². The lowest BCUT2D eigenvalue weighted by Crippen LogP contribution is -2.21. The van der Waals surface area contributed by atoms with Gasteiger partial charge in [0.05, 0.1) is 18.1 Å². The number of carbonyl (C=O) groups excluding carboxylic acids is 1. The van der Waals surface area contributed by atoms with Gasteiger partial charge in [-0.2, -0.15) is 13.2 Å². The van der Waals surface area contributed by atoms with Crippen LogP contribution < -0.4 is 9.47 Å². The minimum Gasteiger partial charge on any atom is -0.489 e. The van der Waals surface area contributed by atoms with E-state index in [1.165, 1.54) is 19.2 Å². The summed E-state index contributed by atoms with van der Waals surface area (Å²) < 4.78 is 56.2. The predicted octanol–water partition coefficient (Wildman–Crippen LogP) is 6.07. The molecule has 0 unspecified atom stereocenters. The smallest absolute Gasteiger partial charge is 0.416 e. The van der Waals surface area contributed by atoms with Crippen LogP contribution in [-0.4, -0.2) is 13.1 Å². The molecule has 33 heavy (non-hydrogen) atoms. The molecule has 3 aromatic rings. The van der Waals surface area contributed by atoms with Crippen molar-refractivity contribution in [3.63, 3.8) is 0 Å². The Morgan fingerprint density at radius 2 is 1.45 bits per heavy atom. The molecule has 0 N–H and O–H groups in total. The number of ether oxygens (including phenoxy) is 3. The van der Waals surface area contributed by atoms with E-state index in [4.69, 9.17) is 14.2 Å². The first kappa shape index (κ1) is 22.7. The first-order valence-electron chi connectivity index (χ1n) is 10.5. The predicted molar refractivity (Wildman–Crippen MR) is 116 cm³/mol. The van der Waals surface area contributed by atoms with Crippen molar-refractivity contribution in [1.82, 2.24) is 0 Å². The molecule has 3 aromatic carbocycles. The average Bonchev–Trinajstić information content (AvgIpc) is 3.63. The molecule has 0 saturated heterocycles. The summed E-state index contributed by atoms with van der Waals surface area (Å²) in [6.45, 7) is -0.0322. The van der Waals surface area contributed by atoms with E-state index in [1.54, 1.807) is 36.4 Å². The summed E-state index contributed by atoms with van der Waals surface area (Å²) in [6.07, 6.45) is -2.91. The summed E-state index contributed by atoms with van der Waals surface area (Å²) in [4.78, 5) is 12.0. The van der Waals surface area contributed by atoms with Crippen LogP contribution in [0.5, 0.6) is 11.5 Å². The molecule has 1 fully saturated rings. The zero-order chi connectivity index (χ0) is 23.5. The Hall–Kier alpha value is -3.48. The zero-order valence-corrected chi connectivity index (χ0v) is 18.0. The second kappa shape index (κ2) is 9.17. The molecule has 1 aliphatic carbocycles. The van der Waals surface area contributed by atoms with Crippen molar-refractivity contribution in [2.75, 3.05) is 7.11 Å². The maximum atomic E-state index is 13.2. The molecule has 0 atom stereocenters. The summed E-state index contributed by atoms with van der Waals surface area (Å²) in [6, 6.07) is 19.7. The van der Waals surface area contributed by atoms with Gasteiger partial charge < -0.3 is 14.2 Å². The number of carbonyl (C=O) groups is 1. The molecule has 0 aliphatic heterocycles. The van der Waals surface area contributed by atoms with Crippen LogP contribution in [0.4, 0.5) is 13.2 Å². The monoisotopic (exact) mass is 456 g/mol. The van der Waals surface area contributed by atoms with E-state index >= 15 is 0 Å². The summed E-state index contributed by atoms with van der Waals surface area (Å²) >= 11 is 0. The Morgan fingerprint density at radius 1 is 0.848 bits per heavy atom. The Morgan fingerprint density at radius 3 is 2.09 bits per heavy atom. The van der Waals surface area contributed by atoms with Gasteiger partial charge >= 0.3 is 12.1 Å².